The molecule has 16 heavy (non-hydrogen) atoms. The maximum atomic E-state index is 13.4. The Balaban J connectivity index is 2.64. The molecular formula is C11H17F3O2. The van der Waals surface area contributed by atoms with E-state index in [4.69, 9.17) is 5.11 Å². The minimum absolute atomic E-state index is 0.0503. The molecule has 0 aromatic rings. The van der Waals surface area contributed by atoms with Crippen molar-refractivity contribution in [3.05, 3.63) is 0 Å². The van der Waals surface area contributed by atoms with Crippen LogP contribution >= 0.6 is 0 Å². The van der Waals surface area contributed by atoms with Crippen molar-refractivity contribution in [3.8, 4) is 0 Å². The zero-order valence-electron chi connectivity index (χ0n) is 9.47. The molecule has 0 radical (unpaired) electrons. The topological polar surface area (TPSA) is 37.3 Å². The first-order chi connectivity index (χ1) is 7.17. The monoisotopic (exact) mass is 238 g/mol. The third-order valence-electron chi connectivity index (χ3n) is 3.43. The lowest BCUT2D eigenvalue weighted by molar-refractivity contribution is -0.180. The van der Waals surface area contributed by atoms with Crippen LogP contribution < -0.4 is 0 Å². The van der Waals surface area contributed by atoms with Gasteiger partial charge in [-0.15, -0.1) is 0 Å². The quantitative estimate of drug-likeness (QED) is 0.819. The Morgan fingerprint density at radius 2 is 1.81 bits per heavy atom. The van der Waals surface area contributed by atoms with Gasteiger partial charge >= 0.3 is 11.9 Å². The molecule has 0 bridgehead atoms. The summed E-state index contributed by atoms with van der Waals surface area (Å²) in [4.78, 5) is 10.2. The Kier molecular flexibility index (Phi) is 3.55. The van der Waals surface area contributed by atoms with Gasteiger partial charge in [-0.25, -0.2) is 9.18 Å². The molecule has 1 rings (SSSR count). The molecule has 1 unspecified atom stereocenters. The van der Waals surface area contributed by atoms with Crippen LogP contribution in [-0.2, 0) is 4.79 Å². The fourth-order valence-corrected chi connectivity index (χ4v) is 2.13. The molecular weight excluding hydrogens is 221 g/mol. The highest BCUT2D eigenvalue weighted by Gasteiger charge is 2.52. The van der Waals surface area contributed by atoms with Crippen molar-refractivity contribution in [1.82, 2.24) is 0 Å². The van der Waals surface area contributed by atoms with Gasteiger partial charge < -0.3 is 5.11 Å². The standard InChI is InChI=1S/C11H17F3O2/c1-10(2)5-3-7(4-6-10)8(12)11(13,14)9(15)16/h7-8H,3-6H2,1-2H3,(H,15,16). The fraction of sp³-hybridized carbons (Fsp3) is 0.909. The molecule has 2 nitrogen and oxygen atoms in total. The van der Waals surface area contributed by atoms with Crippen molar-refractivity contribution in [1.29, 1.82) is 0 Å². The van der Waals surface area contributed by atoms with Crippen LogP contribution in [0.4, 0.5) is 13.2 Å². The van der Waals surface area contributed by atoms with Crippen LogP contribution in [0, 0.1) is 11.3 Å². The van der Waals surface area contributed by atoms with Gasteiger partial charge in [-0.2, -0.15) is 8.78 Å². The van der Waals surface area contributed by atoms with Crippen molar-refractivity contribution in [3.63, 3.8) is 0 Å². The molecule has 1 saturated carbocycles. The van der Waals surface area contributed by atoms with Crippen molar-refractivity contribution < 1.29 is 23.1 Å². The first-order valence-electron chi connectivity index (χ1n) is 5.42. The van der Waals surface area contributed by atoms with Crippen molar-refractivity contribution >= 4 is 5.97 Å². The number of alkyl halides is 3. The second kappa shape index (κ2) is 4.26. The summed E-state index contributed by atoms with van der Waals surface area (Å²) < 4.78 is 39.3. The second-order valence-corrected chi connectivity index (χ2v) is 5.33. The molecule has 0 aromatic carbocycles. The van der Waals surface area contributed by atoms with Gasteiger partial charge in [0.05, 0.1) is 0 Å². The van der Waals surface area contributed by atoms with Gasteiger partial charge in [0.15, 0.2) is 6.17 Å². The van der Waals surface area contributed by atoms with E-state index in [2.05, 4.69) is 0 Å². The van der Waals surface area contributed by atoms with E-state index in [0.29, 0.717) is 25.7 Å². The molecule has 1 N–H and O–H groups in total. The Morgan fingerprint density at radius 1 is 1.38 bits per heavy atom. The maximum absolute atomic E-state index is 13.4. The molecule has 1 aliphatic rings. The summed E-state index contributed by atoms with van der Waals surface area (Å²) >= 11 is 0. The fourth-order valence-electron chi connectivity index (χ4n) is 2.13. The van der Waals surface area contributed by atoms with Gasteiger partial charge in [-0.05, 0) is 37.0 Å². The lowest BCUT2D eigenvalue weighted by Gasteiger charge is -2.36. The summed E-state index contributed by atoms with van der Waals surface area (Å²) in [6, 6.07) is 0. The normalized spacial score (nSPS) is 24.1. The van der Waals surface area contributed by atoms with Crippen LogP contribution in [0.15, 0.2) is 0 Å². The van der Waals surface area contributed by atoms with Crippen molar-refractivity contribution in [2.24, 2.45) is 11.3 Å². The number of aliphatic carboxylic acids is 1. The SMILES string of the molecule is CC1(C)CCC(C(F)C(F)(F)C(=O)O)CC1. The molecule has 0 aliphatic heterocycles. The Morgan fingerprint density at radius 3 is 2.19 bits per heavy atom. The van der Waals surface area contributed by atoms with Crippen LogP contribution in [0.2, 0.25) is 0 Å². The number of carboxylic acids is 1. The highest BCUT2D eigenvalue weighted by molar-refractivity contribution is 5.76. The van der Waals surface area contributed by atoms with E-state index in [9.17, 15) is 18.0 Å². The Bertz CT molecular complexity index is 266. The molecule has 1 atom stereocenters. The summed E-state index contributed by atoms with van der Waals surface area (Å²) in [5.41, 5.74) is 0.0503. The van der Waals surface area contributed by atoms with Gasteiger partial charge in [0.2, 0.25) is 0 Å². The van der Waals surface area contributed by atoms with Crippen molar-refractivity contribution in [2.45, 2.75) is 51.6 Å². The van der Waals surface area contributed by atoms with E-state index in [-0.39, 0.29) is 5.41 Å². The summed E-state index contributed by atoms with van der Waals surface area (Å²) in [5, 5.41) is 8.25. The highest BCUT2D eigenvalue weighted by atomic mass is 19.3. The first kappa shape index (κ1) is 13.3. The molecule has 0 saturated heterocycles. The van der Waals surface area contributed by atoms with E-state index in [1.165, 1.54) is 0 Å². The third kappa shape index (κ3) is 2.68. The molecule has 0 aromatic heterocycles. The largest absolute Gasteiger partial charge is 0.477 e. The predicted octanol–water partition coefficient (Wildman–Crippen LogP) is 3.26. The van der Waals surface area contributed by atoms with Crippen LogP contribution in [0.1, 0.15) is 39.5 Å². The number of rotatable bonds is 3. The molecule has 0 spiro atoms. The van der Waals surface area contributed by atoms with Crippen LogP contribution in [0.25, 0.3) is 0 Å². The lowest BCUT2D eigenvalue weighted by atomic mass is 9.71. The number of carboxylic acid groups (broad SMARTS) is 1. The number of carbonyl (C=O) groups is 1. The molecule has 1 fully saturated rings. The predicted molar refractivity (Wildman–Crippen MR) is 53.2 cm³/mol. The average Bonchev–Trinajstić information content (AvgIpc) is 2.16. The van der Waals surface area contributed by atoms with Gasteiger partial charge in [0.25, 0.3) is 0 Å². The molecule has 0 amide bonds. The van der Waals surface area contributed by atoms with E-state index in [0.717, 1.165) is 0 Å². The average molecular weight is 238 g/mol. The van der Waals surface area contributed by atoms with Crippen LogP contribution in [-0.4, -0.2) is 23.2 Å². The van der Waals surface area contributed by atoms with Crippen LogP contribution in [0.3, 0.4) is 0 Å². The van der Waals surface area contributed by atoms with Crippen molar-refractivity contribution in [2.75, 3.05) is 0 Å². The molecule has 0 heterocycles. The second-order valence-electron chi connectivity index (χ2n) is 5.33. The van der Waals surface area contributed by atoms with Gasteiger partial charge in [0, 0.05) is 0 Å². The lowest BCUT2D eigenvalue weighted by Crippen LogP contribution is -2.44. The number of halogens is 3. The van der Waals surface area contributed by atoms with Gasteiger partial charge in [-0.1, -0.05) is 13.8 Å². The Labute approximate surface area is 92.8 Å². The number of hydrogen-bond donors (Lipinski definition) is 1. The van der Waals surface area contributed by atoms with E-state index in [1.807, 2.05) is 13.8 Å². The zero-order valence-corrected chi connectivity index (χ0v) is 9.47. The van der Waals surface area contributed by atoms with Gasteiger partial charge in [-0.3, -0.25) is 0 Å². The van der Waals surface area contributed by atoms with Gasteiger partial charge in [0.1, 0.15) is 0 Å². The third-order valence-corrected chi connectivity index (χ3v) is 3.43. The minimum Gasteiger partial charge on any atom is -0.477 e. The number of hydrogen-bond acceptors (Lipinski definition) is 1. The summed E-state index contributed by atoms with van der Waals surface area (Å²) in [5.74, 6) is -7.46. The van der Waals surface area contributed by atoms with Crippen LogP contribution in [0.5, 0.6) is 0 Å². The smallest absolute Gasteiger partial charge is 0.377 e. The Hall–Kier alpha value is -0.740. The summed E-state index contributed by atoms with van der Waals surface area (Å²) in [6.45, 7) is 4.01. The summed E-state index contributed by atoms with van der Waals surface area (Å²) in [6.07, 6.45) is -0.587. The van der Waals surface area contributed by atoms with E-state index >= 15 is 0 Å². The highest BCUT2D eigenvalue weighted by Crippen LogP contribution is 2.42. The first-order valence-corrected chi connectivity index (χ1v) is 5.42. The minimum atomic E-state index is -4.26. The zero-order chi connectivity index (χ0) is 12.6. The molecule has 1 aliphatic carbocycles. The van der Waals surface area contributed by atoms with E-state index in [1.54, 1.807) is 0 Å². The molecule has 94 valence electrons. The van der Waals surface area contributed by atoms with E-state index < -0.39 is 24.0 Å². The summed E-state index contributed by atoms with van der Waals surface area (Å²) in [7, 11) is 0. The molecule has 5 heteroatoms. The maximum Gasteiger partial charge on any atom is 0.377 e.